The van der Waals surface area contributed by atoms with Crippen LogP contribution in [0.15, 0.2) is 17.1 Å². The van der Waals surface area contributed by atoms with Crippen LogP contribution in [0.25, 0.3) is 0 Å². The van der Waals surface area contributed by atoms with Crippen molar-refractivity contribution in [2.75, 3.05) is 0 Å². The first-order valence-corrected chi connectivity index (χ1v) is 5.34. The Morgan fingerprint density at radius 3 is 2.50 bits per heavy atom. The van der Waals surface area contributed by atoms with Crippen molar-refractivity contribution in [3.05, 3.63) is 33.7 Å². The van der Waals surface area contributed by atoms with Crippen molar-refractivity contribution in [2.45, 2.75) is 31.5 Å². The Morgan fingerprint density at radius 2 is 2.06 bits per heavy atom. The van der Waals surface area contributed by atoms with Crippen molar-refractivity contribution in [1.29, 1.82) is 0 Å². The Bertz CT molecular complexity index is 544. The van der Waals surface area contributed by atoms with E-state index in [1.165, 1.54) is 6.07 Å². The number of H-pyrrole nitrogens is 1. The fraction of sp³-hybridized carbons (Fsp3) is 0.455. The topological polar surface area (TPSA) is 62.0 Å². The van der Waals surface area contributed by atoms with Crippen molar-refractivity contribution >= 4 is 5.91 Å². The molecule has 1 aliphatic carbocycles. The van der Waals surface area contributed by atoms with Crippen LogP contribution in [0.5, 0.6) is 0 Å². The third-order valence-corrected chi connectivity index (χ3v) is 2.95. The summed E-state index contributed by atoms with van der Waals surface area (Å²) in [6, 6.07) is 1.17. The van der Waals surface area contributed by atoms with Gasteiger partial charge in [-0.25, -0.2) is 0 Å². The van der Waals surface area contributed by atoms with E-state index >= 15 is 0 Å². The second-order valence-electron chi connectivity index (χ2n) is 4.43. The predicted molar refractivity (Wildman–Crippen MR) is 57.3 cm³/mol. The molecule has 1 aromatic rings. The molecule has 0 bridgehead atoms. The van der Waals surface area contributed by atoms with E-state index in [0.29, 0.717) is 5.69 Å². The molecule has 0 spiro atoms. The molecule has 7 heteroatoms. The largest absolute Gasteiger partial charge is 0.411 e. The number of hydrogen-bond donors (Lipinski definition) is 2. The highest BCUT2D eigenvalue weighted by molar-refractivity contribution is 5.94. The molecular weight excluding hydrogens is 249 g/mol. The molecule has 18 heavy (non-hydrogen) atoms. The molecule has 0 radical (unpaired) electrons. The molecule has 0 unspecified atom stereocenters. The van der Waals surface area contributed by atoms with Crippen molar-refractivity contribution in [1.82, 2.24) is 10.3 Å². The molecule has 2 N–H and O–H groups in total. The number of carbonyl (C=O) groups is 1. The SMILES string of the molecule is Cc1cc(=O)c(C(=O)NC2(C(F)(F)F)CC2)c[nH]1. The Labute approximate surface area is 100 Å². The number of aryl methyl sites for hydroxylation is 1. The Kier molecular flexibility index (Phi) is 2.71. The van der Waals surface area contributed by atoms with Crippen LogP contribution in [-0.2, 0) is 0 Å². The van der Waals surface area contributed by atoms with Crippen molar-refractivity contribution in [3.8, 4) is 0 Å². The molecule has 0 aliphatic heterocycles. The number of pyridine rings is 1. The first-order valence-electron chi connectivity index (χ1n) is 5.34. The summed E-state index contributed by atoms with van der Waals surface area (Å²) in [5.41, 5.74) is -2.52. The van der Waals surface area contributed by atoms with Crippen molar-refractivity contribution in [2.24, 2.45) is 0 Å². The van der Waals surface area contributed by atoms with Crippen LogP contribution in [0.1, 0.15) is 28.9 Å². The number of carbonyl (C=O) groups excluding carboxylic acids is 1. The number of amides is 1. The lowest BCUT2D eigenvalue weighted by Gasteiger charge is -2.20. The Balaban J connectivity index is 2.21. The van der Waals surface area contributed by atoms with Gasteiger partial charge in [-0.1, -0.05) is 0 Å². The zero-order valence-electron chi connectivity index (χ0n) is 9.52. The zero-order chi connectivity index (χ0) is 13.6. The lowest BCUT2D eigenvalue weighted by molar-refractivity contribution is -0.163. The van der Waals surface area contributed by atoms with Crippen LogP contribution < -0.4 is 10.7 Å². The fourth-order valence-corrected chi connectivity index (χ4v) is 1.64. The van der Waals surface area contributed by atoms with E-state index in [1.807, 2.05) is 5.32 Å². The third kappa shape index (κ3) is 2.12. The average molecular weight is 260 g/mol. The van der Waals surface area contributed by atoms with Crippen LogP contribution in [0.3, 0.4) is 0 Å². The van der Waals surface area contributed by atoms with Crippen LogP contribution in [-0.4, -0.2) is 22.6 Å². The van der Waals surface area contributed by atoms with Crippen LogP contribution in [0, 0.1) is 6.92 Å². The minimum atomic E-state index is -4.49. The molecule has 0 atom stereocenters. The highest BCUT2D eigenvalue weighted by Crippen LogP contribution is 2.48. The summed E-state index contributed by atoms with van der Waals surface area (Å²) in [6.45, 7) is 1.61. The molecule has 1 aromatic heterocycles. The van der Waals surface area contributed by atoms with Gasteiger partial charge in [-0.05, 0) is 19.8 Å². The van der Waals surface area contributed by atoms with E-state index in [-0.39, 0.29) is 18.4 Å². The summed E-state index contributed by atoms with van der Waals surface area (Å²) >= 11 is 0. The smallest absolute Gasteiger partial charge is 0.364 e. The number of hydrogen-bond acceptors (Lipinski definition) is 2. The van der Waals surface area contributed by atoms with E-state index in [0.717, 1.165) is 6.20 Å². The van der Waals surface area contributed by atoms with Gasteiger partial charge in [0, 0.05) is 18.0 Å². The normalized spacial score (nSPS) is 17.3. The lowest BCUT2D eigenvalue weighted by atomic mass is 10.2. The molecule has 1 aliphatic rings. The van der Waals surface area contributed by atoms with Gasteiger partial charge >= 0.3 is 6.18 Å². The van der Waals surface area contributed by atoms with Crippen LogP contribution in [0.4, 0.5) is 13.2 Å². The summed E-state index contributed by atoms with van der Waals surface area (Å²) in [5, 5.41) is 1.90. The van der Waals surface area contributed by atoms with Gasteiger partial charge in [0.25, 0.3) is 5.91 Å². The first-order chi connectivity index (χ1) is 8.25. The standard InChI is InChI=1S/C11H11F3N2O2/c1-6-4-8(17)7(5-15-6)9(18)16-10(2-3-10)11(12,13)14/h4-5H,2-3H2,1H3,(H,15,17)(H,16,18). The molecular formula is C11H11F3N2O2. The second-order valence-corrected chi connectivity index (χ2v) is 4.43. The van der Waals surface area contributed by atoms with Gasteiger partial charge in [-0.3, -0.25) is 9.59 Å². The molecule has 0 saturated heterocycles. The van der Waals surface area contributed by atoms with E-state index in [2.05, 4.69) is 4.98 Å². The van der Waals surface area contributed by atoms with Gasteiger partial charge in [-0.2, -0.15) is 13.2 Å². The predicted octanol–water partition coefficient (Wildman–Crippen LogP) is 1.51. The molecule has 2 rings (SSSR count). The van der Waals surface area contributed by atoms with E-state index in [9.17, 15) is 22.8 Å². The molecule has 0 aromatic carbocycles. The average Bonchev–Trinajstić information content (AvgIpc) is 2.97. The zero-order valence-corrected chi connectivity index (χ0v) is 9.52. The Morgan fingerprint density at radius 1 is 1.44 bits per heavy atom. The van der Waals surface area contributed by atoms with Gasteiger partial charge in [0.15, 0.2) is 5.43 Å². The van der Waals surface area contributed by atoms with Gasteiger partial charge in [-0.15, -0.1) is 0 Å². The maximum atomic E-state index is 12.6. The first kappa shape index (κ1) is 12.7. The van der Waals surface area contributed by atoms with Crippen molar-refractivity contribution in [3.63, 3.8) is 0 Å². The van der Waals surface area contributed by atoms with E-state index in [1.54, 1.807) is 6.92 Å². The summed E-state index contributed by atoms with van der Waals surface area (Å²) in [5.74, 6) is -0.994. The molecule has 1 saturated carbocycles. The summed E-state index contributed by atoms with van der Waals surface area (Å²) < 4.78 is 37.9. The van der Waals surface area contributed by atoms with Crippen LogP contribution in [0.2, 0.25) is 0 Å². The lowest BCUT2D eigenvalue weighted by Crippen LogP contribution is -2.48. The number of aromatic amines is 1. The maximum Gasteiger partial charge on any atom is 0.411 e. The number of alkyl halides is 3. The highest BCUT2D eigenvalue weighted by atomic mass is 19.4. The van der Waals surface area contributed by atoms with E-state index < -0.39 is 23.1 Å². The summed E-state index contributed by atoms with van der Waals surface area (Å²) in [4.78, 5) is 25.7. The minimum absolute atomic E-state index is 0.147. The molecule has 4 nitrogen and oxygen atoms in total. The minimum Gasteiger partial charge on any atom is -0.364 e. The number of rotatable bonds is 2. The molecule has 1 amide bonds. The van der Waals surface area contributed by atoms with Gasteiger partial charge in [0.1, 0.15) is 11.1 Å². The van der Waals surface area contributed by atoms with Gasteiger partial charge < -0.3 is 10.3 Å². The number of halogens is 3. The fourth-order valence-electron chi connectivity index (χ4n) is 1.64. The van der Waals surface area contributed by atoms with Crippen LogP contribution >= 0.6 is 0 Å². The van der Waals surface area contributed by atoms with E-state index in [4.69, 9.17) is 0 Å². The number of nitrogens with one attached hydrogen (secondary N) is 2. The van der Waals surface area contributed by atoms with Gasteiger partial charge in [0.2, 0.25) is 0 Å². The quantitative estimate of drug-likeness (QED) is 0.846. The number of aromatic nitrogens is 1. The summed E-state index contributed by atoms with van der Waals surface area (Å²) in [6.07, 6.45) is -3.66. The highest BCUT2D eigenvalue weighted by Gasteiger charge is 2.64. The molecule has 98 valence electrons. The third-order valence-electron chi connectivity index (χ3n) is 2.95. The Hall–Kier alpha value is -1.79. The summed E-state index contributed by atoms with van der Waals surface area (Å²) in [7, 11) is 0. The van der Waals surface area contributed by atoms with Crippen molar-refractivity contribution < 1.29 is 18.0 Å². The maximum absolute atomic E-state index is 12.6. The second kappa shape index (κ2) is 3.86. The molecule has 1 fully saturated rings. The van der Waals surface area contributed by atoms with Gasteiger partial charge in [0.05, 0.1) is 0 Å². The monoisotopic (exact) mass is 260 g/mol. The molecule has 1 heterocycles.